The van der Waals surface area contributed by atoms with Gasteiger partial charge in [0.05, 0.1) is 5.56 Å². The van der Waals surface area contributed by atoms with Crippen molar-refractivity contribution in [2.75, 3.05) is 26.2 Å². The molecule has 0 spiro atoms. The van der Waals surface area contributed by atoms with E-state index in [9.17, 15) is 22.8 Å². The van der Waals surface area contributed by atoms with Gasteiger partial charge >= 0.3 is 0 Å². The first-order valence-corrected chi connectivity index (χ1v) is 12.8. The van der Waals surface area contributed by atoms with Crippen LogP contribution in [0.3, 0.4) is 0 Å². The van der Waals surface area contributed by atoms with E-state index < -0.39 is 40.2 Å². The van der Waals surface area contributed by atoms with Gasteiger partial charge in [-0.15, -0.1) is 0 Å². The molecule has 7 nitrogen and oxygen atoms in total. The van der Waals surface area contributed by atoms with Crippen molar-refractivity contribution in [1.82, 2.24) is 19.8 Å². The largest absolute Gasteiger partial charge is 0.462 e. The van der Waals surface area contributed by atoms with Gasteiger partial charge in [0, 0.05) is 38.4 Å². The number of benzene rings is 1. The topological polar surface area (TPSA) is 75.6 Å². The minimum absolute atomic E-state index is 0.0453. The van der Waals surface area contributed by atoms with E-state index in [1.165, 1.54) is 12.1 Å². The number of amides is 2. The lowest BCUT2D eigenvalue weighted by Gasteiger charge is -2.34. The summed E-state index contributed by atoms with van der Waals surface area (Å²) >= 11 is 0. The van der Waals surface area contributed by atoms with Crippen LogP contribution in [0.5, 0.6) is 5.88 Å². The van der Waals surface area contributed by atoms with E-state index in [1.807, 2.05) is 13.0 Å². The molecule has 10 heteroatoms. The molecule has 2 aliphatic rings. The Bertz CT molecular complexity index is 1390. The second kappa shape index (κ2) is 10.3. The Morgan fingerprint density at radius 2 is 1.62 bits per heavy atom. The van der Waals surface area contributed by atoms with E-state index >= 15 is 0 Å². The van der Waals surface area contributed by atoms with Crippen molar-refractivity contribution in [3.63, 3.8) is 0 Å². The van der Waals surface area contributed by atoms with Crippen LogP contribution in [0.2, 0.25) is 0 Å². The summed E-state index contributed by atoms with van der Waals surface area (Å²) in [4.78, 5) is 38.3. The second-order valence-corrected chi connectivity index (χ2v) is 10.7. The van der Waals surface area contributed by atoms with Crippen LogP contribution in [0.1, 0.15) is 36.3 Å². The van der Waals surface area contributed by atoms with Crippen LogP contribution in [0.15, 0.2) is 48.7 Å². The van der Waals surface area contributed by atoms with Crippen LogP contribution < -0.4 is 4.74 Å². The zero-order valence-electron chi connectivity index (χ0n) is 22.0. The molecule has 0 radical (unpaired) electrons. The number of pyridine rings is 2. The molecule has 0 saturated carbocycles. The first kappa shape index (κ1) is 26.6. The van der Waals surface area contributed by atoms with Crippen molar-refractivity contribution in [3.05, 3.63) is 77.4 Å². The fourth-order valence-electron chi connectivity index (χ4n) is 5.34. The molecule has 2 fully saturated rings. The molecular weight excluding hydrogens is 509 g/mol. The average molecular weight is 539 g/mol. The number of aryl methyl sites for hydroxylation is 1. The molecule has 3 aromatic rings. The van der Waals surface area contributed by atoms with Gasteiger partial charge in [-0.25, -0.2) is 23.1 Å². The highest BCUT2D eigenvalue weighted by Crippen LogP contribution is 2.34. The molecule has 204 valence electrons. The second-order valence-electron chi connectivity index (χ2n) is 10.7. The number of nitrogens with zero attached hydrogens (tertiary/aromatic N) is 4. The number of carbonyl (C=O) groups excluding carboxylic acids is 2. The number of hydrogen-bond acceptors (Lipinski definition) is 5. The third-order valence-electron chi connectivity index (χ3n) is 7.40. The Labute approximate surface area is 224 Å². The maximum absolute atomic E-state index is 14.5. The molecule has 2 aliphatic heterocycles. The molecule has 0 N–H and O–H groups in total. The standard InChI is InChI=1S/C29H29F3N4O3/c1-17-7-10-24(33-13-17)39-29(2,3)28(38)36-14-18-11-12-35(15-19(18)16-36)27(37)23-9-8-22(32)26(34-23)25-20(30)5-4-6-21(25)31/h4-10,13,18-19H,11-12,14-16H2,1-3H3/t18-,19+/m1/s1. The predicted octanol–water partition coefficient (Wildman–Crippen LogP) is 4.65. The van der Waals surface area contributed by atoms with Crippen LogP contribution in [-0.2, 0) is 4.79 Å². The van der Waals surface area contributed by atoms with E-state index in [0.29, 0.717) is 38.5 Å². The Kier molecular flexibility index (Phi) is 7.05. The van der Waals surface area contributed by atoms with Crippen LogP contribution in [0, 0.1) is 36.2 Å². The summed E-state index contributed by atoms with van der Waals surface area (Å²) in [6.45, 7) is 7.18. The van der Waals surface area contributed by atoms with Crippen molar-refractivity contribution in [2.45, 2.75) is 32.8 Å². The Morgan fingerprint density at radius 1 is 0.923 bits per heavy atom. The minimum Gasteiger partial charge on any atom is -0.462 e. The monoisotopic (exact) mass is 538 g/mol. The lowest BCUT2D eigenvalue weighted by Crippen LogP contribution is -2.48. The molecule has 0 aliphatic carbocycles. The lowest BCUT2D eigenvalue weighted by atomic mass is 9.88. The van der Waals surface area contributed by atoms with E-state index in [2.05, 4.69) is 9.97 Å². The van der Waals surface area contributed by atoms with Crippen molar-refractivity contribution in [3.8, 4) is 17.1 Å². The van der Waals surface area contributed by atoms with Gasteiger partial charge in [-0.05, 0) is 68.9 Å². The van der Waals surface area contributed by atoms with Gasteiger partial charge in [-0.3, -0.25) is 9.59 Å². The molecule has 2 atom stereocenters. The molecule has 2 amide bonds. The predicted molar refractivity (Wildman–Crippen MR) is 137 cm³/mol. The third kappa shape index (κ3) is 5.32. The highest BCUT2D eigenvalue weighted by molar-refractivity contribution is 5.93. The first-order chi connectivity index (χ1) is 18.5. The quantitative estimate of drug-likeness (QED) is 0.473. The fraction of sp³-hybridized carbons (Fsp3) is 0.379. The summed E-state index contributed by atoms with van der Waals surface area (Å²) < 4.78 is 49.0. The van der Waals surface area contributed by atoms with Crippen LogP contribution in [-0.4, -0.2) is 63.4 Å². The third-order valence-corrected chi connectivity index (χ3v) is 7.40. The highest BCUT2D eigenvalue weighted by atomic mass is 19.1. The molecule has 2 saturated heterocycles. The molecule has 2 aromatic heterocycles. The van der Waals surface area contributed by atoms with E-state index in [-0.39, 0.29) is 23.4 Å². The average Bonchev–Trinajstić information content (AvgIpc) is 3.33. The van der Waals surface area contributed by atoms with Gasteiger partial charge in [0.2, 0.25) is 5.88 Å². The van der Waals surface area contributed by atoms with E-state index in [0.717, 1.165) is 23.8 Å². The number of hydrogen-bond donors (Lipinski definition) is 0. The molecule has 0 unspecified atom stereocenters. The minimum atomic E-state index is -1.12. The Balaban J connectivity index is 1.27. The van der Waals surface area contributed by atoms with Gasteiger partial charge in [0.1, 0.15) is 28.8 Å². The number of aromatic nitrogens is 2. The van der Waals surface area contributed by atoms with Gasteiger partial charge in [0.15, 0.2) is 5.60 Å². The molecule has 4 heterocycles. The van der Waals surface area contributed by atoms with E-state index in [4.69, 9.17) is 4.74 Å². The van der Waals surface area contributed by atoms with Crippen LogP contribution >= 0.6 is 0 Å². The summed E-state index contributed by atoms with van der Waals surface area (Å²) in [6.07, 6.45) is 2.36. The van der Waals surface area contributed by atoms with Crippen molar-refractivity contribution >= 4 is 11.8 Å². The summed E-state index contributed by atoms with van der Waals surface area (Å²) in [6, 6.07) is 9.00. The van der Waals surface area contributed by atoms with Gasteiger partial charge in [-0.2, -0.15) is 0 Å². The summed E-state index contributed by atoms with van der Waals surface area (Å²) in [7, 11) is 0. The number of fused-ring (bicyclic) bond motifs is 1. The van der Waals surface area contributed by atoms with Gasteiger partial charge < -0.3 is 14.5 Å². The Morgan fingerprint density at radius 3 is 2.31 bits per heavy atom. The molecule has 5 rings (SSSR count). The SMILES string of the molecule is Cc1ccc(OC(C)(C)C(=O)N2C[C@H]3CCN(C(=O)c4ccc(F)c(-c5c(F)cccc5F)n4)C[C@H]3C2)nc1. The number of carbonyl (C=O) groups is 2. The zero-order valence-corrected chi connectivity index (χ0v) is 22.0. The number of rotatable bonds is 5. The molecule has 39 heavy (non-hydrogen) atoms. The van der Waals surface area contributed by atoms with Crippen LogP contribution in [0.25, 0.3) is 11.3 Å². The Hall–Kier alpha value is -3.95. The lowest BCUT2D eigenvalue weighted by molar-refractivity contribution is -0.144. The summed E-state index contributed by atoms with van der Waals surface area (Å²) in [5, 5.41) is 0. The number of likely N-dealkylation sites (tertiary alicyclic amines) is 2. The molecule has 0 bridgehead atoms. The van der Waals surface area contributed by atoms with Gasteiger partial charge in [-0.1, -0.05) is 12.1 Å². The normalized spacial score (nSPS) is 19.1. The molecule has 1 aromatic carbocycles. The first-order valence-electron chi connectivity index (χ1n) is 12.8. The summed E-state index contributed by atoms with van der Waals surface area (Å²) in [5.74, 6) is -2.84. The number of piperidine rings is 1. The van der Waals surface area contributed by atoms with Gasteiger partial charge in [0.25, 0.3) is 11.8 Å². The maximum atomic E-state index is 14.5. The smallest absolute Gasteiger partial charge is 0.272 e. The maximum Gasteiger partial charge on any atom is 0.272 e. The van der Waals surface area contributed by atoms with Crippen molar-refractivity contribution in [1.29, 1.82) is 0 Å². The number of halogens is 3. The zero-order chi connectivity index (χ0) is 27.9. The highest BCUT2D eigenvalue weighted by Gasteiger charge is 2.44. The fourth-order valence-corrected chi connectivity index (χ4v) is 5.34. The van der Waals surface area contributed by atoms with E-state index in [1.54, 1.807) is 35.9 Å². The van der Waals surface area contributed by atoms with Crippen molar-refractivity contribution < 1.29 is 27.5 Å². The number of ether oxygens (including phenoxy) is 1. The van der Waals surface area contributed by atoms with Crippen molar-refractivity contribution in [2.24, 2.45) is 11.8 Å². The van der Waals surface area contributed by atoms with Crippen LogP contribution in [0.4, 0.5) is 13.2 Å². The molecular formula is C29H29F3N4O3. The summed E-state index contributed by atoms with van der Waals surface area (Å²) in [5.41, 5.74) is -1.39.